The lowest BCUT2D eigenvalue weighted by Gasteiger charge is -2.27. The highest BCUT2D eigenvalue weighted by Crippen LogP contribution is 2.19. The van der Waals surface area contributed by atoms with Crippen LogP contribution in [0.4, 0.5) is 11.5 Å². The number of nitrogens with one attached hydrogen (secondary N) is 2. The van der Waals surface area contributed by atoms with Crippen LogP contribution in [0.15, 0.2) is 18.3 Å². The summed E-state index contributed by atoms with van der Waals surface area (Å²) in [5, 5.41) is 6.33. The Morgan fingerprint density at radius 2 is 2.23 bits per heavy atom. The van der Waals surface area contributed by atoms with E-state index in [9.17, 15) is 4.79 Å². The predicted molar refractivity (Wildman–Crippen MR) is 92.7 cm³/mol. The summed E-state index contributed by atoms with van der Waals surface area (Å²) in [5.41, 5.74) is 0.786. The molecule has 3 rings (SSSR count). The number of carbonyl (C=O) groups is 1. The molecule has 2 N–H and O–H groups in total. The average molecular weight is 320 g/mol. The van der Waals surface area contributed by atoms with Gasteiger partial charge in [-0.25, -0.2) is 4.98 Å². The first-order chi connectivity index (χ1) is 10.8. The largest absolute Gasteiger partial charge is 0.357 e. The van der Waals surface area contributed by atoms with Crippen LogP contribution in [0.3, 0.4) is 0 Å². The topological polar surface area (TPSA) is 57.3 Å². The Morgan fingerprint density at radius 1 is 1.36 bits per heavy atom. The lowest BCUT2D eigenvalue weighted by atomic mass is 10.1. The number of aromatic nitrogens is 1. The van der Waals surface area contributed by atoms with Crippen LogP contribution in [0.5, 0.6) is 0 Å². The molecule has 0 saturated carbocycles. The van der Waals surface area contributed by atoms with E-state index in [-0.39, 0.29) is 5.91 Å². The van der Waals surface area contributed by atoms with Crippen LogP contribution >= 0.6 is 11.8 Å². The number of hydrogen-bond acceptors (Lipinski definition) is 5. The molecule has 0 aromatic carbocycles. The number of anilines is 2. The van der Waals surface area contributed by atoms with Crippen molar-refractivity contribution in [2.45, 2.75) is 31.7 Å². The molecule has 0 spiro atoms. The maximum Gasteiger partial charge on any atom is 0.226 e. The van der Waals surface area contributed by atoms with Gasteiger partial charge in [0.05, 0.1) is 11.9 Å². The van der Waals surface area contributed by atoms with Crippen LogP contribution in [0.1, 0.15) is 25.7 Å². The van der Waals surface area contributed by atoms with Gasteiger partial charge in [0.1, 0.15) is 5.82 Å². The van der Waals surface area contributed by atoms with Crippen molar-refractivity contribution in [3.8, 4) is 0 Å². The molecule has 1 aromatic rings. The Kier molecular flexibility index (Phi) is 5.56. The molecule has 5 nitrogen and oxygen atoms in total. The van der Waals surface area contributed by atoms with Crippen molar-refractivity contribution >= 4 is 29.2 Å². The fraction of sp³-hybridized carbons (Fsp3) is 0.625. The lowest BCUT2D eigenvalue weighted by Crippen LogP contribution is -2.39. The van der Waals surface area contributed by atoms with Crippen LogP contribution < -0.4 is 15.5 Å². The highest BCUT2D eigenvalue weighted by molar-refractivity contribution is 7.99. The summed E-state index contributed by atoms with van der Waals surface area (Å²) < 4.78 is 0. The van der Waals surface area contributed by atoms with Crippen molar-refractivity contribution in [1.29, 1.82) is 0 Å². The maximum absolute atomic E-state index is 12.1. The second-order valence-electron chi connectivity index (χ2n) is 5.93. The molecular formula is C16H24N4OS. The molecule has 1 unspecified atom stereocenters. The molecule has 22 heavy (non-hydrogen) atoms. The molecule has 1 atom stereocenters. The molecule has 2 fully saturated rings. The van der Waals surface area contributed by atoms with Crippen molar-refractivity contribution in [2.75, 3.05) is 41.4 Å². The molecule has 2 aliphatic rings. The van der Waals surface area contributed by atoms with E-state index >= 15 is 0 Å². The zero-order valence-electron chi connectivity index (χ0n) is 12.9. The molecule has 1 aromatic heterocycles. The number of hydrogen-bond donors (Lipinski definition) is 2. The summed E-state index contributed by atoms with van der Waals surface area (Å²) in [7, 11) is 0. The van der Waals surface area contributed by atoms with Gasteiger partial charge in [0.15, 0.2) is 0 Å². The van der Waals surface area contributed by atoms with Crippen molar-refractivity contribution in [3.05, 3.63) is 18.3 Å². The number of thioether (sulfide) groups is 1. The van der Waals surface area contributed by atoms with Crippen LogP contribution in [-0.2, 0) is 4.79 Å². The predicted octanol–water partition coefficient (Wildman–Crippen LogP) is 2.11. The van der Waals surface area contributed by atoms with Gasteiger partial charge < -0.3 is 15.5 Å². The van der Waals surface area contributed by atoms with E-state index in [2.05, 4.69) is 20.5 Å². The number of piperidine rings is 1. The van der Waals surface area contributed by atoms with Gasteiger partial charge in [0, 0.05) is 43.6 Å². The average Bonchev–Trinajstić information content (AvgIpc) is 2.57. The third-order valence-electron chi connectivity index (χ3n) is 4.14. The number of rotatable bonds is 4. The Hall–Kier alpha value is -1.27. The molecule has 0 aliphatic carbocycles. The Balaban J connectivity index is 1.50. The van der Waals surface area contributed by atoms with Gasteiger partial charge in [0.25, 0.3) is 0 Å². The summed E-state index contributed by atoms with van der Waals surface area (Å²) in [6, 6.07) is 4.26. The van der Waals surface area contributed by atoms with Crippen LogP contribution in [-0.4, -0.2) is 48.1 Å². The fourth-order valence-electron chi connectivity index (χ4n) is 2.96. The second kappa shape index (κ2) is 7.83. The molecule has 6 heteroatoms. The maximum atomic E-state index is 12.1. The van der Waals surface area contributed by atoms with Crippen molar-refractivity contribution in [3.63, 3.8) is 0 Å². The van der Waals surface area contributed by atoms with Gasteiger partial charge in [0.2, 0.25) is 5.91 Å². The highest BCUT2D eigenvalue weighted by atomic mass is 32.2. The molecule has 2 saturated heterocycles. The number of pyridine rings is 1. The van der Waals surface area contributed by atoms with Crippen LogP contribution in [0, 0.1) is 0 Å². The van der Waals surface area contributed by atoms with E-state index in [1.54, 1.807) is 6.20 Å². The monoisotopic (exact) mass is 320 g/mol. The molecule has 1 amide bonds. The zero-order valence-corrected chi connectivity index (χ0v) is 13.7. The summed E-state index contributed by atoms with van der Waals surface area (Å²) >= 11 is 1.91. The van der Waals surface area contributed by atoms with Gasteiger partial charge in [-0.15, -0.1) is 0 Å². The minimum absolute atomic E-state index is 0.0625. The van der Waals surface area contributed by atoms with Crippen LogP contribution in [0.2, 0.25) is 0 Å². The lowest BCUT2D eigenvalue weighted by molar-refractivity contribution is -0.116. The standard InChI is InChI=1S/C16H24N4OS/c21-16(10-14-12-22-9-6-17-14)19-13-4-5-15(18-11-13)20-7-2-1-3-8-20/h4-5,11,14,17H,1-3,6-10,12H2,(H,19,21). The van der Waals surface area contributed by atoms with Gasteiger partial charge in [-0.2, -0.15) is 11.8 Å². The number of nitrogens with zero attached hydrogens (tertiary/aromatic N) is 2. The van der Waals surface area contributed by atoms with Crippen LogP contribution in [0.25, 0.3) is 0 Å². The van der Waals surface area contributed by atoms with E-state index in [1.807, 2.05) is 23.9 Å². The van der Waals surface area contributed by atoms with Crippen molar-refractivity contribution < 1.29 is 4.79 Å². The number of amides is 1. The molecule has 2 aliphatic heterocycles. The minimum Gasteiger partial charge on any atom is -0.357 e. The Labute approximate surface area is 136 Å². The van der Waals surface area contributed by atoms with Gasteiger partial charge >= 0.3 is 0 Å². The summed E-state index contributed by atoms with van der Waals surface area (Å²) in [6.07, 6.45) is 6.10. The third kappa shape index (κ3) is 4.36. The third-order valence-corrected chi connectivity index (χ3v) is 5.27. The summed E-state index contributed by atoms with van der Waals surface area (Å²) in [6.45, 7) is 3.17. The van der Waals surface area contributed by atoms with Crippen molar-refractivity contribution in [1.82, 2.24) is 10.3 Å². The molecule has 0 bridgehead atoms. The van der Waals surface area contributed by atoms with E-state index in [4.69, 9.17) is 0 Å². The SMILES string of the molecule is O=C(CC1CSCCN1)Nc1ccc(N2CCCCC2)nc1. The molecular weight excluding hydrogens is 296 g/mol. The first-order valence-electron chi connectivity index (χ1n) is 8.13. The fourth-order valence-corrected chi connectivity index (χ4v) is 3.91. The highest BCUT2D eigenvalue weighted by Gasteiger charge is 2.17. The first-order valence-corrected chi connectivity index (χ1v) is 9.29. The molecule has 120 valence electrons. The quantitative estimate of drug-likeness (QED) is 0.890. The van der Waals surface area contributed by atoms with Gasteiger partial charge in [-0.05, 0) is 31.4 Å². The zero-order chi connectivity index (χ0) is 15.2. The molecule has 0 radical (unpaired) electrons. The van der Waals surface area contributed by atoms with E-state index in [0.29, 0.717) is 12.5 Å². The van der Waals surface area contributed by atoms with E-state index in [0.717, 1.165) is 42.6 Å². The van der Waals surface area contributed by atoms with E-state index in [1.165, 1.54) is 19.3 Å². The minimum atomic E-state index is 0.0625. The molecule has 3 heterocycles. The first kappa shape index (κ1) is 15.6. The second-order valence-corrected chi connectivity index (χ2v) is 7.08. The van der Waals surface area contributed by atoms with E-state index < -0.39 is 0 Å². The smallest absolute Gasteiger partial charge is 0.226 e. The summed E-state index contributed by atoms with van der Waals surface area (Å²) in [5.74, 6) is 3.23. The summed E-state index contributed by atoms with van der Waals surface area (Å²) in [4.78, 5) is 18.9. The number of carbonyl (C=O) groups excluding carboxylic acids is 1. The normalized spacial score (nSPS) is 22.4. The Morgan fingerprint density at radius 3 is 2.91 bits per heavy atom. The Bertz CT molecular complexity index is 481. The van der Waals surface area contributed by atoms with Crippen molar-refractivity contribution in [2.24, 2.45) is 0 Å². The van der Waals surface area contributed by atoms with Gasteiger partial charge in [-0.3, -0.25) is 4.79 Å². The van der Waals surface area contributed by atoms with Gasteiger partial charge in [-0.1, -0.05) is 0 Å².